The Labute approximate surface area is 108 Å². The molecular formula is C11H13N3O5. The van der Waals surface area contributed by atoms with Crippen LogP contribution in [0, 0.1) is 10.1 Å². The number of carboxylic acids is 1. The van der Waals surface area contributed by atoms with Gasteiger partial charge in [-0.25, -0.2) is 9.78 Å². The van der Waals surface area contributed by atoms with E-state index in [9.17, 15) is 14.9 Å². The molecule has 0 spiro atoms. The quantitative estimate of drug-likeness (QED) is 0.640. The molecule has 2 rings (SSSR count). The molecule has 1 saturated heterocycles. The number of ether oxygens (including phenoxy) is 1. The number of anilines is 1. The molecule has 8 nitrogen and oxygen atoms in total. The summed E-state index contributed by atoms with van der Waals surface area (Å²) in [5.41, 5.74) is -0.856. The van der Waals surface area contributed by atoms with Gasteiger partial charge in [0.15, 0.2) is 0 Å². The zero-order valence-corrected chi connectivity index (χ0v) is 10.3. The van der Waals surface area contributed by atoms with Crippen molar-refractivity contribution in [2.24, 2.45) is 0 Å². The summed E-state index contributed by atoms with van der Waals surface area (Å²) >= 11 is 0. The van der Waals surface area contributed by atoms with Gasteiger partial charge < -0.3 is 14.7 Å². The Morgan fingerprint density at radius 1 is 1.68 bits per heavy atom. The average molecular weight is 267 g/mol. The first-order valence-corrected chi connectivity index (χ1v) is 5.73. The lowest BCUT2D eigenvalue weighted by atomic mass is 10.2. The smallest absolute Gasteiger partial charge is 0.342 e. The Bertz CT molecular complexity index is 519. The summed E-state index contributed by atoms with van der Waals surface area (Å²) in [6.45, 7) is 3.53. The van der Waals surface area contributed by atoms with E-state index in [1.807, 2.05) is 11.8 Å². The minimum Gasteiger partial charge on any atom is -0.477 e. The van der Waals surface area contributed by atoms with Gasteiger partial charge in [0.25, 0.3) is 0 Å². The monoisotopic (exact) mass is 267 g/mol. The molecule has 0 saturated carbocycles. The first kappa shape index (κ1) is 13.2. The van der Waals surface area contributed by atoms with Crippen molar-refractivity contribution in [3.8, 4) is 0 Å². The molecule has 1 aliphatic rings. The maximum absolute atomic E-state index is 11.1. The van der Waals surface area contributed by atoms with Crippen LogP contribution in [0.3, 0.4) is 0 Å². The van der Waals surface area contributed by atoms with Crippen LogP contribution in [0.4, 0.5) is 11.5 Å². The van der Waals surface area contributed by atoms with Gasteiger partial charge in [-0.05, 0) is 6.92 Å². The fourth-order valence-electron chi connectivity index (χ4n) is 1.98. The zero-order chi connectivity index (χ0) is 14.0. The number of morpholine rings is 1. The molecule has 2 heterocycles. The molecule has 0 aromatic carbocycles. The molecule has 0 bridgehead atoms. The Balaban J connectivity index is 2.40. The topological polar surface area (TPSA) is 106 Å². The lowest BCUT2D eigenvalue weighted by Gasteiger charge is -2.34. The van der Waals surface area contributed by atoms with Crippen molar-refractivity contribution in [2.45, 2.75) is 13.0 Å². The standard InChI is InChI=1S/C11H13N3O5/c1-7-6-19-3-2-13(7)10-4-8(11(15)16)9(5-12-10)14(17)18/h4-5,7H,2-3,6H2,1H3,(H,15,16). The average Bonchev–Trinajstić information content (AvgIpc) is 2.38. The molecular weight excluding hydrogens is 254 g/mol. The van der Waals surface area contributed by atoms with Crippen molar-refractivity contribution in [3.05, 3.63) is 27.9 Å². The van der Waals surface area contributed by atoms with Crippen LogP contribution < -0.4 is 4.90 Å². The summed E-state index contributed by atoms with van der Waals surface area (Å²) in [5.74, 6) is -0.921. The molecule has 0 radical (unpaired) electrons. The van der Waals surface area contributed by atoms with E-state index in [2.05, 4.69) is 4.98 Å². The number of carbonyl (C=O) groups is 1. The second kappa shape index (κ2) is 5.19. The van der Waals surface area contributed by atoms with E-state index >= 15 is 0 Å². The van der Waals surface area contributed by atoms with Crippen molar-refractivity contribution in [2.75, 3.05) is 24.7 Å². The minimum atomic E-state index is -1.34. The van der Waals surface area contributed by atoms with Crippen LogP contribution in [0.25, 0.3) is 0 Å². The lowest BCUT2D eigenvalue weighted by Crippen LogP contribution is -2.44. The summed E-state index contributed by atoms with van der Waals surface area (Å²) in [5, 5.41) is 19.8. The molecule has 1 aliphatic heterocycles. The summed E-state index contributed by atoms with van der Waals surface area (Å²) < 4.78 is 5.28. The van der Waals surface area contributed by atoms with Gasteiger partial charge in [0.1, 0.15) is 17.6 Å². The minimum absolute atomic E-state index is 0.0457. The van der Waals surface area contributed by atoms with Crippen molar-refractivity contribution in [1.29, 1.82) is 0 Å². The van der Waals surface area contributed by atoms with Gasteiger partial charge in [-0.2, -0.15) is 0 Å². The van der Waals surface area contributed by atoms with Crippen LogP contribution in [-0.2, 0) is 4.74 Å². The van der Waals surface area contributed by atoms with E-state index in [4.69, 9.17) is 9.84 Å². The van der Waals surface area contributed by atoms with Crippen LogP contribution in [0.5, 0.6) is 0 Å². The Hall–Kier alpha value is -2.22. The van der Waals surface area contributed by atoms with Gasteiger partial charge in [0.2, 0.25) is 0 Å². The summed E-state index contributed by atoms with van der Waals surface area (Å²) in [6.07, 6.45) is 0.987. The Kier molecular flexibility index (Phi) is 3.61. The first-order valence-electron chi connectivity index (χ1n) is 5.73. The normalized spacial score (nSPS) is 19.2. The molecule has 1 fully saturated rings. The third kappa shape index (κ3) is 2.63. The highest BCUT2D eigenvalue weighted by atomic mass is 16.6. The van der Waals surface area contributed by atoms with E-state index < -0.39 is 16.6 Å². The van der Waals surface area contributed by atoms with Gasteiger partial charge in [0.05, 0.1) is 24.2 Å². The molecule has 1 aromatic heterocycles. The van der Waals surface area contributed by atoms with Crippen LogP contribution in [0.1, 0.15) is 17.3 Å². The number of hydrogen-bond donors (Lipinski definition) is 1. The van der Waals surface area contributed by atoms with E-state index in [0.717, 1.165) is 6.20 Å². The predicted molar refractivity (Wildman–Crippen MR) is 65.5 cm³/mol. The van der Waals surface area contributed by atoms with E-state index in [1.54, 1.807) is 0 Å². The van der Waals surface area contributed by atoms with Gasteiger partial charge in [-0.1, -0.05) is 0 Å². The van der Waals surface area contributed by atoms with Crippen molar-refractivity contribution in [3.63, 3.8) is 0 Å². The third-order valence-electron chi connectivity index (χ3n) is 2.96. The van der Waals surface area contributed by atoms with Gasteiger partial charge in [-0.3, -0.25) is 10.1 Å². The molecule has 19 heavy (non-hydrogen) atoms. The number of nitro groups is 1. The highest BCUT2D eigenvalue weighted by Crippen LogP contribution is 2.24. The van der Waals surface area contributed by atoms with Crippen molar-refractivity contribution in [1.82, 2.24) is 4.98 Å². The summed E-state index contributed by atoms with van der Waals surface area (Å²) in [7, 11) is 0. The maximum Gasteiger partial charge on any atom is 0.342 e. The lowest BCUT2D eigenvalue weighted by molar-refractivity contribution is -0.385. The Morgan fingerprint density at radius 2 is 2.42 bits per heavy atom. The van der Waals surface area contributed by atoms with E-state index in [1.165, 1.54) is 6.07 Å². The predicted octanol–water partition coefficient (Wildman–Crippen LogP) is 0.913. The van der Waals surface area contributed by atoms with Crippen LogP contribution in [0.15, 0.2) is 12.3 Å². The molecule has 1 aromatic rings. The second-order valence-corrected chi connectivity index (χ2v) is 4.24. The molecule has 0 amide bonds. The first-order chi connectivity index (χ1) is 9.00. The third-order valence-corrected chi connectivity index (χ3v) is 2.96. The number of aromatic carboxylic acids is 1. The molecule has 102 valence electrons. The van der Waals surface area contributed by atoms with Crippen molar-refractivity contribution < 1.29 is 19.6 Å². The molecule has 1 unspecified atom stereocenters. The van der Waals surface area contributed by atoms with Crippen LogP contribution in [0.2, 0.25) is 0 Å². The fraction of sp³-hybridized carbons (Fsp3) is 0.455. The second-order valence-electron chi connectivity index (χ2n) is 4.24. The molecule has 1 atom stereocenters. The van der Waals surface area contributed by atoms with Gasteiger partial charge in [0, 0.05) is 12.6 Å². The van der Waals surface area contributed by atoms with Gasteiger partial charge >= 0.3 is 11.7 Å². The fourth-order valence-corrected chi connectivity index (χ4v) is 1.98. The van der Waals surface area contributed by atoms with E-state index in [-0.39, 0.29) is 11.6 Å². The zero-order valence-electron chi connectivity index (χ0n) is 10.3. The number of pyridine rings is 1. The van der Waals surface area contributed by atoms with Crippen LogP contribution in [-0.4, -0.2) is 46.8 Å². The van der Waals surface area contributed by atoms with Gasteiger partial charge in [-0.15, -0.1) is 0 Å². The molecule has 0 aliphatic carbocycles. The maximum atomic E-state index is 11.1. The SMILES string of the molecule is CC1COCCN1c1cc(C(=O)O)c([N+](=O)[O-])cn1. The highest BCUT2D eigenvalue weighted by molar-refractivity contribution is 5.93. The summed E-state index contributed by atoms with van der Waals surface area (Å²) in [6, 6.07) is 1.28. The number of aromatic nitrogens is 1. The number of nitrogens with zero attached hydrogens (tertiary/aromatic N) is 3. The number of rotatable bonds is 3. The largest absolute Gasteiger partial charge is 0.477 e. The Morgan fingerprint density at radius 3 is 3.00 bits per heavy atom. The highest BCUT2D eigenvalue weighted by Gasteiger charge is 2.25. The molecule has 8 heteroatoms. The number of hydrogen-bond acceptors (Lipinski definition) is 6. The van der Waals surface area contributed by atoms with E-state index in [0.29, 0.717) is 25.6 Å². The van der Waals surface area contributed by atoms with Crippen LogP contribution >= 0.6 is 0 Å². The molecule has 1 N–H and O–H groups in total. The van der Waals surface area contributed by atoms with Crippen molar-refractivity contribution >= 4 is 17.5 Å². The summed E-state index contributed by atoms with van der Waals surface area (Å²) in [4.78, 5) is 26.9. The number of carboxylic acid groups (broad SMARTS) is 1.